The van der Waals surface area contributed by atoms with E-state index in [1.54, 1.807) is 6.20 Å². The molecule has 1 saturated heterocycles. The molecule has 7 heteroatoms. The van der Waals surface area contributed by atoms with Crippen molar-refractivity contribution in [1.82, 2.24) is 20.1 Å². The van der Waals surface area contributed by atoms with Crippen LogP contribution in [0.2, 0.25) is 0 Å². The third kappa shape index (κ3) is 4.41. The Labute approximate surface area is 146 Å². The summed E-state index contributed by atoms with van der Waals surface area (Å²) in [4.78, 5) is 17.8. The van der Waals surface area contributed by atoms with E-state index in [0.717, 1.165) is 43.9 Å². The number of piperidine rings is 1. The van der Waals surface area contributed by atoms with E-state index < -0.39 is 0 Å². The maximum absolute atomic E-state index is 11.7. The van der Waals surface area contributed by atoms with Gasteiger partial charge in [0, 0.05) is 19.3 Å². The van der Waals surface area contributed by atoms with Gasteiger partial charge < -0.3 is 10.2 Å². The number of pyridine rings is 1. The van der Waals surface area contributed by atoms with Gasteiger partial charge in [-0.15, -0.1) is 16.7 Å². The minimum absolute atomic E-state index is 0.0161. The van der Waals surface area contributed by atoms with Gasteiger partial charge in [-0.05, 0) is 49.4 Å². The number of anilines is 2. The van der Waals surface area contributed by atoms with E-state index in [-0.39, 0.29) is 11.8 Å². The smallest absolute Gasteiger partial charge is 0.237 e. The standard InChI is InChI=1S/C17H20ClN5O/c18-11-17(24)23-9-3-4-13(12-23)10-14-6-7-16(22-21-14)20-15-5-1-2-8-19-15/h1-2,5-8,13H,3-4,9-12H2,(H,19,20,22). The highest BCUT2D eigenvalue weighted by Crippen LogP contribution is 2.21. The van der Waals surface area contributed by atoms with Gasteiger partial charge in [0.25, 0.3) is 0 Å². The minimum atomic E-state index is 0.0161. The number of hydrogen-bond donors (Lipinski definition) is 1. The van der Waals surface area contributed by atoms with Crippen molar-refractivity contribution in [3.63, 3.8) is 0 Å². The molecule has 0 saturated carbocycles. The number of alkyl halides is 1. The van der Waals surface area contributed by atoms with E-state index in [4.69, 9.17) is 11.6 Å². The lowest BCUT2D eigenvalue weighted by Crippen LogP contribution is -2.41. The average molecular weight is 346 g/mol. The van der Waals surface area contributed by atoms with Crippen LogP contribution in [0, 0.1) is 5.92 Å². The Bertz CT molecular complexity index is 664. The zero-order valence-corrected chi connectivity index (χ0v) is 14.1. The van der Waals surface area contributed by atoms with Crippen molar-refractivity contribution in [2.24, 2.45) is 5.92 Å². The molecule has 0 spiro atoms. The first-order chi connectivity index (χ1) is 11.7. The summed E-state index contributed by atoms with van der Waals surface area (Å²) in [5, 5.41) is 11.6. The molecule has 0 bridgehead atoms. The Balaban J connectivity index is 1.57. The van der Waals surface area contributed by atoms with Crippen molar-refractivity contribution in [3.05, 3.63) is 42.2 Å². The fourth-order valence-electron chi connectivity index (χ4n) is 2.94. The van der Waals surface area contributed by atoms with Crippen molar-refractivity contribution in [2.75, 3.05) is 24.3 Å². The molecule has 24 heavy (non-hydrogen) atoms. The average Bonchev–Trinajstić information content (AvgIpc) is 2.64. The lowest BCUT2D eigenvalue weighted by Gasteiger charge is -2.32. The van der Waals surface area contributed by atoms with Crippen LogP contribution in [0.3, 0.4) is 0 Å². The van der Waals surface area contributed by atoms with Gasteiger partial charge >= 0.3 is 0 Å². The molecular weight excluding hydrogens is 326 g/mol. The van der Waals surface area contributed by atoms with Crippen molar-refractivity contribution in [1.29, 1.82) is 0 Å². The fraction of sp³-hybridized carbons (Fsp3) is 0.412. The Kier molecular flexibility index (Phi) is 5.59. The zero-order valence-electron chi connectivity index (χ0n) is 13.4. The molecule has 0 aromatic carbocycles. The van der Waals surface area contributed by atoms with Crippen LogP contribution in [0.5, 0.6) is 0 Å². The molecule has 1 atom stereocenters. The Morgan fingerprint density at radius 3 is 2.88 bits per heavy atom. The molecule has 6 nitrogen and oxygen atoms in total. The third-order valence-electron chi connectivity index (χ3n) is 4.12. The van der Waals surface area contributed by atoms with Gasteiger partial charge in [0.15, 0.2) is 5.82 Å². The quantitative estimate of drug-likeness (QED) is 0.843. The van der Waals surface area contributed by atoms with Gasteiger partial charge in [0.2, 0.25) is 5.91 Å². The number of amides is 1. The lowest BCUT2D eigenvalue weighted by molar-refractivity contribution is -0.130. The van der Waals surface area contributed by atoms with Crippen LogP contribution in [-0.2, 0) is 11.2 Å². The molecule has 1 N–H and O–H groups in total. The summed E-state index contributed by atoms with van der Waals surface area (Å²) in [7, 11) is 0. The van der Waals surface area contributed by atoms with Crippen LogP contribution < -0.4 is 5.32 Å². The molecule has 1 aliphatic heterocycles. The monoisotopic (exact) mass is 345 g/mol. The highest BCUT2D eigenvalue weighted by atomic mass is 35.5. The zero-order chi connectivity index (χ0) is 16.8. The normalized spacial score (nSPS) is 17.5. The second-order valence-corrected chi connectivity index (χ2v) is 6.20. The summed E-state index contributed by atoms with van der Waals surface area (Å²) >= 11 is 5.65. The van der Waals surface area contributed by atoms with Gasteiger partial charge in [-0.25, -0.2) is 4.98 Å². The van der Waals surface area contributed by atoms with Crippen molar-refractivity contribution >= 4 is 29.1 Å². The molecule has 2 aromatic rings. The summed E-state index contributed by atoms with van der Waals surface area (Å²) < 4.78 is 0. The van der Waals surface area contributed by atoms with Crippen molar-refractivity contribution in [3.8, 4) is 0 Å². The van der Waals surface area contributed by atoms with Gasteiger partial charge in [0.05, 0.1) is 5.69 Å². The van der Waals surface area contributed by atoms with Gasteiger partial charge in [-0.2, -0.15) is 5.10 Å². The SMILES string of the molecule is O=C(CCl)N1CCCC(Cc2ccc(Nc3ccccn3)nn2)C1. The first-order valence-electron chi connectivity index (χ1n) is 8.09. The van der Waals surface area contributed by atoms with Crippen LogP contribution in [0.15, 0.2) is 36.5 Å². The summed E-state index contributed by atoms with van der Waals surface area (Å²) in [6.07, 6.45) is 4.66. The maximum Gasteiger partial charge on any atom is 0.237 e. The third-order valence-corrected chi connectivity index (χ3v) is 4.35. The van der Waals surface area contributed by atoms with Crippen LogP contribution in [0.1, 0.15) is 18.5 Å². The molecule has 2 aromatic heterocycles. The topological polar surface area (TPSA) is 71.0 Å². The number of aromatic nitrogens is 3. The lowest BCUT2D eigenvalue weighted by atomic mass is 9.93. The van der Waals surface area contributed by atoms with E-state index in [9.17, 15) is 4.79 Å². The number of likely N-dealkylation sites (tertiary alicyclic amines) is 1. The van der Waals surface area contributed by atoms with E-state index in [0.29, 0.717) is 11.7 Å². The van der Waals surface area contributed by atoms with Crippen LogP contribution in [0.25, 0.3) is 0 Å². The van der Waals surface area contributed by atoms with E-state index in [1.807, 2.05) is 35.2 Å². The predicted octanol–water partition coefficient (Wildman–Crippen LogP) is 2.64. The molecule has 1 aliphatic rings. The number of nitrogens with zero attached hydrogens (tertiary/aromatic N) is 4. The first kappa shape index (κ1) is 16.6. The second kappa shape index (κ2) is 8.06. The van der Waals surface area contributed by atoms with Gasteiger partial charge in [0.1, 0.15) is 11.7 Å². The fourth-order valence-corrected chi connectivity index (χ4v) is 3.11. The van der Waals surface area contributed by atoms with E-state index in [1.165, 1.54) is 0 Å². The molecule has 3 rings (SSSR count). The Hall–Kier alpha value is -2.21. The van der Waals surface area contributed by atoms with Crippen LogP contribution in [0.4, 0.5) is 11.6 Å². The number of hydrogen-bond acceptors (Lipinski definition) is 5. The maximum atomic E-state index is 11.7. The molecule has 3 heterocycles. The van der Waals surface area contributed by atoms with Gasteiger partial charge in [-0.1, -0.05) is 6.07 Å². The number of carbonyl (C=O) groups is 1. The molecule has 1 unspecified atom stereocenters. The van der Waals surface area contributed by atoms with Crippen molar-refractivity contribution < 1.29 is 4.79 Å². The Morgan fingerprint density at radius 1 is 1.25 bits per heavy atom. The summed E-state index contributed by atoms with van der Waals surface area (Å²) in [6.45, 7) is 1.56. The van der Waals surface area contributed by atoms with Crippen LogP contribution in [-0.4, -0.2) is 45.0 Å². The van der Waals surface area contributed by atoms with E-state index >= 15 is 0 Å². The Morgan fingerprint density at radius 2 is 2.17 bits per heavy atom. The molecule has 0 aliphatic carbocycles. The van der Waals surface area contributed by atoms with E-state index in [2.05, 4.69) is 20.5 Å². The first-order valence-corrected chi connectivity index (χ1v) is 8.62. The number of carbonyl (C=O) groups excluding carboxylic acids is 1. The molecule has 1 fully saturated rings. The highest BCUT2D eigenvalue weighted by Gasteiger charge is 2.23. The molecule has 1 amide bonds. The summed E-state index contributed by atoms with van der Waals surface area (Å²) in [5.41, 5.74) is 0.937. The molecular formula is C17H20ClN5O. The number of halogens is 1. The minimum Gasteiger partial charge on any atom is -0.341 e. The summed E-state index contributed by atoms with van der Waals surface area (Å²) in [5.74, 6) is 1.89. The number of rotatable bonds is 5. The predicted molar refractivity (Wildman–Crippen MR) is 93.3 cm³/mol. The largest absolute Gasteiger partial charge is 0.341 e. The molecule has 0 radical (unpaired) electrons. The van der Waals surface area contributed by atoms with Crippen LogP contribution >= 0.6 is 11.6 Å². The highest BCUT2D eigenvalue weighted by molar-refractivity contribution is 6.27. The number of nitrogens with one attached hydrogen (secondary N) is 1. The second-order valence-electron chi connectivity index (χ2n) is 5.94. The van der Waals surface area contributed by atoms with Gasteiger partial charge in [-0.3, -0.25) is 4.79 Å². The van der Waals surface area contributed by atoms with Crippen molar-refractivity contribution in [2.45, 2.75) is 19.3 Å². The summed E-state index contributed by atoms with van der Waals surface area (Å²) in [6, 6.07) is 9.53. The molecule has 126 valence electrons.